The van der Waals surface area contributed by atoms with Crippen LogP contribution in [0.1, 0.15) is 59.8 Å². The maximum absolute atomic E-state index is 11.4. The van der Waals surface area contributed by atoms with E-state index in [0.717, 1.165) is 25.2 Å². The van der Waals surface area contributed by atoms with Crippen molar-refractivity contribution in [2.24, 2.45) is 11.8 Å². The average Bonchev–Trinajstić information content (AvgIpc) is 2.00. The van der Waals surface area contributed by atoms with E-state index in [4.69, 9.17) is 0 Å². The summed E-state index contributed by atoms with van der Waals surface area (Å²) in [5.74, 6) is 1.69. The molecule has 0 spiro atoms. The number of hydrogen-bond acceptors (Lipinski definition) is 1. The third-order valence-corrected chi connectivity index (χ3v) is 2.33. The molecular formula is C12H24O. The van der Waals surface area contributed by atoms with Crippen molar-refractivity contribution in [3.8, 4) is 0 Å². The summed E-state index contributed by atoms with van der Waals surface area (Å²) in [6.07, 6.45) is 5.13. The van der Waals surface area contributed by atoms with Crippen LogP contribution in [-0.4, -0.2) is 5.78 Å². The van der Waals surface area contributed by atoms with Gasteiger partial charge >= 0.3 is 0 Å². The van der Waals surface area contributed by atoms with Gasteiger partial charge < -0.3 is 0 Å². The zero-order chi connectivity index (χ0) is 10.3. The first-order chi connectivity index (χ1) is 6.06. The van der Waals surface area contributed by atoms with Gasteiger partial charge in [-0.15, -0.1) is 0 Å². The van der Waals surface area contributed by atoms with Gasteiger partial charge in [0.05, 0.1) is 0 Å². The van der Waals surface area contributed by atoms with Crippen molar-refractivity contribution in [1.82, 2.24) is 0 Å². The van der Waals surface area contributed by atoms with E-state index in [1.807, 2.05) is 0 Å². The Morgan fingerprint density at radius 2 is 1.77 bits per heavy atom. The Morgan fingerprint density at radius 1 is 1.15 bits per heavy atom. The molecule has 1 unspecified atom stereocenters. The highest BCUT2D eigenvalue weighted by atomic mass is 16.1. The molecule has 0 aliphatic carbocycles. The molecule has 78 valence electrons. The van der Waals surface area contributed by atoms with E-state index in [-0.39, 0.29) is 0 Å². The smallest absolute Gasteiger partial charge is 0.133 e. The van der Waals surface area contributed by atoms with Gasteiger partial charge in [-0.25, -0.2) is 0 Å². The molecule has 0 aliphatic heterocycles. The molecule has 0 aromatic rings. The molecule has 1 nitrogen and oxygen atoms in total. The van der Waals surface area contributed by atoms with Crippen LogP contribution in [0.15, 0.2) is 0 Å². The standard InChI is InChI=1S/C12H24O/c1-5-6-11(4)7-8-12(13)9-10(2)3/h10-11H,5-9H2,1-4H3. The lowest BCUT2D eigenvalue weighted by molar-refractivity contribution is -0.120. The van der Waals surface area contributed by atoms with Crippen LogP contribution in [0.4, 0.5) is 0 Å². The minimum atomic E-state index is 0.443. The Bertz CT molecular complexity index is 138. The average molecular weight is 184 g/mol. The number of carbonyl (C=O) groups excluding carboxylic acids is 1. The predicted molar refractivity (Wildman–Crippen MR) is 57.8 cm³/mol. The van der Waals surface area contributed by atoms with Crippen LogP contribution in [-0.2, 0) is 4.79 Å². The molecule has 0 N–H and O–H groups in total. The molecule has 0 radical (unpaired) electrons. The first-order valence-corrected chi connectivity index (χ1v) is 5.58. The second kappa shape index (κ2) is 7.11. The molecule has 0 amide bonds. The maximum Gasteiger partial charge on any atom is 0.133 e. The Morgan fingerprint density at radius 3 is 2.23 bits per heavy atom. The number of Topliss-reactive ketones (excluding diaryl/α,β-unsaturated/α-hetero) is 1. The van der Waals surface area contributed by atoms with E-state index in [2.05, 4.69) is 27.7 Å². The molecule has 13 heavy (non-hydrogen) atoms. The summed E-state index contributed by atoms with van der Waals surface area (Å²) in [7, 11) is 0. The van der Waals surface area contributed by atoms with Gasteiger partial charge in [0.15, 0.2) is 0 Å². The SMILES string of the molecule is CCCC(C)CCC(=O)CC(C)C. The van der Waals surface area contributed by atoms with Crippen LogP contribution in [0.2, 0.25) is 0 Å². The Kier molecular flexibility index (Phi) is 6.93. The van der Waals surface area contributed by atoms with E-state index in [0.29, 0.717) is 11.7 Å². The molecule has 0 aromatic heterocycles. The minimum Gasteiger partial charge on any atom is -0.300 e. The van der Waals surface area contributed by atoms with Gasteiger partial charge in [-0.1, -0.05) is 40.5 Å². The molecule has 0 aliphatic rings. The van der Waals surface area contributed by atoms with Gasteiger partial charge in [-0.2, -0.15) is 0 Å². The fraction of sp³-hybridized carbons (Fsp3) is 0.917. The van der Waals surface area contributed by atoms with E-state index >= 15 is 0 Å². The summed E-state index contributed by atoms with van der Waals surface area (Å²) in [5, 5.41) is 0. The first kappa shape index (κ1) is 12.7. The van der Waals surface area contributed by atoms with E-state index < -0.39 is 0 Å². The van der Waals surface area contributed by atoms with Gasteiger partial charge in [0.1, 0.15) is 5.78 Å². The molecule has 0 saturated carbocycles. The normalized spacial score (nSPS) is 13.3. The molecular weight excluding hydrogens is 160 g/mol. The summed E-state index contributed by atoms with van der Waals surface area (Å²) in [5.41, 5.74) is 0. The molecule has 0 aromatic carbocycles. The van der Waals surface area contributed by atoms with E-state index in [1.165, 1.54) is 12.8 Å². The van der Waals surface area contributed by atoms with Crippen LogP contribution in [0.5, 0.6) is 0 Å². The topological polar surface area (TPSA) is 17.1 Å². The van der Waals surface area contributed by atoms with Gasteiger partial charge in [0.2, 0.25) is 0 Å². The van der Waals surface area contributed by atoms with Crippen molar-refractivity contribution < 1.29 is 4.79 Å². The zero-order valence-corrected chi connectivity index (χ0v) is 9.60. The van der Waals surface area contributed by atoms with Crippen LogP contribution in [0.3, 0.4) is 0 Å². The van der Waals surface area contributed by atoms with Crippen molar-refractivity contribution in [2.75, 3.05) is 0 Å². The van der Waals surface area contributed by atoms with Gasteiger partial charge in [-0.05, 0) is 18.3 Å². The second-order valence-electron chi connectivity index (χ2n) is 4.57. The lowest BCUT2D eigenvalue weighted by Crippen LogP contribution is -2.05. The molecule has 0 fully saturated rings. The van der Waals surface area contributed by atoms with Gasteiger partial charge in [-0.3, -0.25) is 4.79 Å². The Labute approximate surface area is 82.9 Å². The Hall–Kier alpha value is -0.330. The number of ketones is 1. The largest absolute Gasteiger partial charge is 0.300 e. The van der Waals surface area contributed by atoms with Gasteiger partial charge in [0, 0.05) is 12.8 Å². The molecule has 0 heterocycles. The lowest BCUT2D eigenvalue weighted by atomic mass is 9.96. The van der Waals surface area contributed by atoms with Crippen molar-refractivity contribution >= 4 is 5.78 Å². The summed E-state index contributed by atoms with van der Waals surface area (Å²) < 4.78 is 0. The van der Waals surface area contributed by atoms with E-state index in [9.17, 15) is 4.79 Å². The van der Waals surface area contributed by atoms with Crippen molar-refractivity contribution in [2.45, 2.75) is 59.8 Å². The highest BCUT2D eigenvalue weighted by molar-refractivity contribution is 5.78. The van der Waals surface area contributed by atoms with Crippen LogP contribution in [0, 0.1) is 11.8 Å². The highest BCUT2D eigenvalue weighted by Crippen LogP contribution is 2.14. The fourth-order valence-electron chi connectivity index (χ4n) is 1.60. The van der Waals surface area contributed by atoms with Crippen LogP contribution in [0.25, 0.3) is 0 Å². The van der Waals surface area contributed by atoms with Crippen molar-refractivity contribution in [3.63, 3.8) is 0 Å². The van der Waals surface area contributed by atoms with Crippen LogP contribution >= 0.6 is 0 Å². The van der Waals surface area contributed by atoms with Gasteiger partial charge in [0.25, 0.3) is 0 Å². The zero-order valence-electron chi connectivity index (χ0n) is 9.60. The minimum absolute atomic E-state index is 0.443. The molecule has 0 bridgehead atoms. The summed E-state index contributed by atoms with van der Waals surface area (Å²) in [6.45, 7) is 8.65. The highest BCUT2D eigenvalue weighted by Gasteiger charge is 2.07. The monoisotopic (exact) mass is 184 g/mol. The van der Waals surface area contributed by atoms with Crippen molar-refractivity contribution in [1.29, 1.82) is 0 Å². The molecule has 1 heteroatoms. The third kappa shape index (κ3) is 8.01. The fourth-order valence-corrected chi connectivity index (χ4v) is 1.60. The molecule has 1 atom stereocenters. The number of carbonyl (C=O) groups is 1. The van der Waals surface area contributed by atoms with Crippen molar-refractivity contribution in [3.05, 3.63) is 0 Å². The van der Waals surface area contributed by atoms with E-state index in [1.54, 1.807) is 0 Å². The predicted octanol–water partition coefficient (Wildman–Crippen LogP) is 3.82. The molecule has 0 saturated heterocycles. The summed E-state index contributed by atoms with van der Waals surface area (Å²) in [6, 6.07) is 0. The quantitative estimate of drug-likeness (QED) is 0.588. The second-order valence-corrected chi connectivity index (χ2v) is 4.57. The Balaban J connectivity index is 3.46. The van der Waals surface area contributed by atoms with Crippen LogP contribution < -0.4 is 0 Å². The number of hydrogen-bond donors (Lipinski definition) is 0. The third-order valence-electron chi connectivity index (χ3n) is 2.33. The number of rotatable bonds is 7. The molecule has 0 rings (SSSR count). The first-order valence-electron chi connectivity index (χ1n) is 5.58. The lowest BCUT2D eigenvalue weighted by Gasteiger charge is -2.09. The summed E-state index contributed by atoms with van der Waals surface area (Å²) >= 11 is 0. The maximum atomic E-state index is 11.4. The summed E-state index contributed by atoms with van der Waals surface area (Å²) in [4.78, 5) is 11.4.